The molecule has 0 amide bonds. The summed E-state index contributed by atoms with van der Waals surface area (Å²) in [7, 11) is 0. The fraction of sp³-hybridized carbons (Fsp3) is 0.393. The Kier molecular flexibility index (Phi) is 7.51. The van der Waals surface area contributed by atoms with Crippen molar-refractivity contribution in [1.29, 1.82) is 0 Å². The van der Waals surface area contributed by atoms with Gasteiger partial charge in [0.25, 0.3) is 0 Å². The van der Waals surface area contributed by atoms with Gasteiger partial charge in [-0.05, 0) is 47.8 Å². The Balaban J connectivity index is 1.36. The highest BCUT2D eigenvalue weighted by atomic mass is 32.1. The van der Waals surface area contributed by atoms with Crippen LogP contribution in [0.25, 0.3) is 0 Å². The molecule has 36 heavy (non-hydrogen) atoms. The molecular formula is C28H35N7S. The molecule has 2 aliphatic rings. The third-order valence-electron chi connectivity index (χ3n) is 6.77. The molecule has 1 aromatic heterocycles. The van der Waals surface area contributed by atoms with Crippen LogP contribution < -0.4 is 25.3 Å². The number of aromatic nitrogens is 2. The number of para-hydroxylation sites is 1. The lowest BCUT2D eigenvalue weighted by Gasteiger charge is -2.37. The van der Waals surface area contributed by atoms with Crippen LogP contribution in [-0.4, -0.2) is 54.3 Å². The van der Waals surface area contributed by atoms with Crippen molar-refractivity contribution in [3.63, 3.8) is 0 Å². The summed E-state index contributed by atoms with van der Waals surface area (Å²) in [5, 5.41) is 7.08. The zero-order chi connectivity index (χ0) is 24.9. The van der Waals surface area contributed by atoms with E-state index in [0.29, 0.717) is 17.0 Å². The Morgan fingerprint density at radius 3 is 2.19 bits per heavy atom. The maximum absolute atomic E-state index is 5.54. The first-order chi connectivity index (χ1) is 17.5. The number of rotatable bonds is 6. The van der Waals surface area contributed by atoms with E-state index in [0.717, 1.165) is 63.9 Å². The van der Waals surface area contributed by atoms with E-state index in [-0.39, 0.29) is 0 Å². The number of hydrogen-bond donors (Lipinski definition) is 2. The SMILES string of the molecule is CC(C)CNC(=S)Nc1nc(N2CCN(c3ccccc3)CC2)cc(N2CCc3ccccc3C2)n1. The van der Waals surface area contributed by atoms with Crippen molar-refractivity contribution in [3.05, 3.63) is 71.8 Å². The van der Waals surface area contributed by atoms with E-state index in [4.69, 9.17) is 22.2 Å². The van der Waals surface area contributed by atoms with Gasteiger partial charge in [-0.2, -0.15) is 9.97 Å². The van der Waals surface area contributed by atoms with E-state index in [1.165, 1.54) is 16.8 Å². The highest BCUT2D eigenvalue weighted by Crippen LogP contribution is 2.28. The quantitative estimate of drug-likeness (QED) is 0.485. The van der Waals surface area contributed by atoms with E-state index < -0.39 is 0 Å². The summed E-state index contributed by atoms with van der Waals surface area (Å²) < 4.78 is 0. The molecule has 2 N–H and O–H groups in total. The molecule has 2 aliphatic heterocycles. The zero-order valence-corrected chi connectivity index (χ0v) is 22.0. The summed E-state index contributed by atoms with van der Waals surface area (Å²) in [5.74, 6) is 2.94. The minimum atomic E-state index is 0.502. The van der Waals surface area contributed by atoms with Crippen molar-refractivity contribution in [2.24, 2.45) is 5.92 Å². The Bertz CT molecular complexity index is 1180. The molecule has 5 rings (SSSR count). The van der Waals surface area contributed by atoms with Gasteiger partial charge in [0.05, 0.1) is 0 Å². The van der Waals surface area contributed by atoms with Crippen molar-refractivity contribution in [1.82, 2.24) is 15.3 Å². The van der Waals surface area contributed by atoms with Crippen LogP contribution in [-0.2, 0) is 13.0 Å². The van der Waals surface area contributed by atoms with Gasteiger partial charge in [-0.25, -0.2) is 0 Å². The van der Waals surface area contributed by atoms with Crippen LogP contribution in [0.15, 0.2) is 60.7 Å². The van der Waals surface area contributed by atoms with Gasteiger partial charge in [-0.15, -0.1) is 0 Å². The minimum absolute atomic E-state index is 0.502. The Morgan fingerprint density at radius 2 is 1.47 bits per heavy atom. The van der Waals surface area contributed by atoms with E-state index >= 15 is 0 Å². The second-order valence-corrected chi connectivity index (χ2v) is 10.3. The molecule has 1 fully saturated rings. The fourth-order valence-corrected chi connectivity index (χ4v) is 4.94. The van der Waals surface area contributed by atoms with Gasteiger partial charge >= 0.3 is 0 Å². The lowest BCUT2D eigenvalue weighted by atomic mass is 10.00. The summed E-state index contributed by atoms with van der Waals surface area (Å²) in [6.07, 6.45) is 1.02. The molecule has 0 saturated carbocycles. The number of fused-ring (bicyclic) bond motifs is 1. The smallest absolute Gasteiger partial charge is 0.232 e. The average molecular weight is 502 g/mol. The monoisotopic (exact) mass is 501 g/mol. The predicted octanol–water partition coefficient (Wildman–Crippen LogP) is 4.31. The van der Waals surface area contributed by atoms with Crippen molar-refractivity contribution in [2.75, 3.05) is 59.3 Å². The summed E-state index contributed by atoms with van der Waals surface area (Å²) >= 11 is 5.54. The summed E-state index contributed by atoms with van der Waals surface area (Å²) in [6, 6.07) is 21.5. The Morgan fingerprint density at radius 1 is 0.833 bits per heavy atom. The zero-order valence-electron chi connectivity index (χ0n) is 21.2. The summed E-state index contributed by atoms with van der Waals surface area (Å²) in [4.78, 5) is 16.9. The summed E-state index contributed by atoms with van der Waals surface area (Å²) in [6.45, 7) is 10.6. The predicted molar refractivity (Wildman–Crippen MR) is 153 cm³/mol. The highest BCUT2D eigenvalue weighted by Gasteiger charge is 2.23. The number of anilines is 4. The Hall–Kier alpha value is -3.39. The standard InChI is InChI=1S/C28H35N7S/c1-21(2)19-29-28(36)32-27-30-25(34-16-14-33(15-17-34)24-10-4-3-5-11-24)18-26(31-27)35-13-12-22-8-6-7-9-23(22)20-35/h3-11,18,21H,12-17,19-20H2,1-2H3,(H2,29,30,31,32,36). The molecule has 0 spiro atoms. The van der Waals surface area contributed by atoms with Crippen LogP contribution in [0.2, 0.25) is 0 Å². The normalized spacial score (nSPS) is 15.6. The molecule has 7 nitrogen and oxygen atoms in total. The van der Waals surface area contributed by atoms with E-state index in [2.05, 4.69) is 99.8 Å². The third kappa shape index (κ3) is 5.87. The van der Waals surface area contributed by atoms with Crippen molar-refractivity contribution >= 4 is 40.6 Å². The van der Waals surface area contributed by atoms with E-state index in [1.807, 2.05) is 0 Å². The molecule has 2 aromatic carbocycles. The van der Waals surface area contributed by atoms with Gasteiger partial charge < -0.3 is 25.3 Å². The number of nitrogens with one attached hydrogen (secondary N) is 2. The maximum Gasteiger partial charge on any atom is 0.232 e. The van der Waals surface area contributed by atoms with Crippen LogP contribution in [0, 0.1) is 5.92 Å². The molecule has 0 bridgehead atoms. The molecule has 3 heterocycles. The van der Waals surface area contributed by atoms with Gasteiger partial charge in [0, 0.05) is 57.6 Å². The van der Waals surface area contributed by atoms with Crippen LogP contribution >= 0.6 is 12.2 Å². The molecule has 8 heteroatoms. The first kappa shape index (κ1) is 24.3. The number of hydrogen-bond acceptors (Lipinski definition) is 6. The topological polar surface area (TPSA) is 59.6 Å². The summed E-state index contributed by atoms with van der Waals surface area (Å²) in [5.41, 5.74) is 4.07. The molecule has 188 valence electrons. The van der Waals surface area contributed by atoms with Gasteiger partial charge in [0.1, 0.15) is 11.6 Å². The maximum atomic E-state index is 5.54. The van der Waals surface area contributed by atoms with Crippen molar-refractivity contribution in [2.45, 2.75) is 26.8 Å². The molecule has 3 aromatic rings. The highest BCUT2D eigenvalue weighted by molar-refractivity contribution is 7.80. The lowest BCUT2D eigenvalue weighted by Crippen LogP contribution is -2.47. The molecule has 0 unspecified atom stereocenters. The van der Waals surface area contributed by atoms with Crippen molar-refractivity contribution in [3.8, 4) is 0 Å². The molecule has 0 atom stereocenters. The number of benzene rings is 2. The number of thiocarbonyl (C=S) groups is 1. The van der Waals surface area contributed by atoms with Crippen molar-refractivity contribution < 1.29 is 0 Å². The van der Waals surface area contributed by atoms with E-state index in [9.17, 15) is 0 Å². The first-order valence-electron chi connectivity index (χ1n) is 12.9. The van der Waals surface area contributed by atoms with Crippen LogP contribution in [0.3, 0.4) is 0 Å². The molecular weight excluding hydrogens is 466 g/mol. The number of piperazine rings is 1. The Labute approximate surface area is 219 Å². The minimum Gasteiger partial charge on any atom is -0.368 e. The van der Waals surface area contributed by atoms with E-state index in [1.54, 1.807) is 0 Å². The lowest BCUT2D eigenvalue weighted by molar-refractivity contribution is 0.627. The van der Waals surface area contributed by atoms with Gasteiger partial charge in [0.15, 0.2) is 5.11 Å². The second-order valence-electron chi connectivity index (χ2n) is 9.89. The first-order valence-corrected chi connectivity index (χ1v) is 13.3. The molecule has 0 radical (unpaired) electrons. The second kappa shape index (κ2) is 11.1. The average Bonchev–Trinajstić information content (AvgIpc) is 2.92. The van der Waals surface area contributed by atoms with Crippen LogP contribution in [0.5, 0.6) is 0 Å². The largest absolute Gasteiger partial charge is 0.368 e. The van der Waals surface area contributed by atoms with Crippen LogP contribution in [0.1, 0.15) is 25.0 Å². The van der Waals surface area contributed by atoms with Gasteiger partial charge in [0.2, 0.25) is 5.95 Å². The fourth-order valence-electron chi connectivity index (χ4n) is 4.77. The molecule has 1 saturated heterocycles. The number of nitrogens with zero attached hydrogens (tertiary/aromatic N) is 5. The van der Waals surface area contributed by atoms with Crippen LogP contribution in [0.4, 0.5) is 23.3 Å². The van der Waals surface area contributed by atoms with Gasteiger partial charge in [-0.3, -0.25) is 0 Å². The van der Waals surface area contributed by atoms with Gasteiger partial charge in [-0.1, -0.05) is 56.3 Å². The third-order valence-corrected chi connectivity index (χ3v) is 7.02. The molecule has 0 aliphatic carbocycles.